The summed E-state index contributed by atoms with van der Waals surface area (Å²) in [6, 6.07) is 13.7. The molecule has 1 fully saturated rings. The minimum atomic E-state index is -0.670. The lowest BCUT2D eigenvalue weighted by Gasteiger charge is -2.32. The Balaban J connectivity index is 1.63. The topological polar surface area (TPSA) is 71.5 Å². The molecular formula is C23H26ClN3O3. The number of Topliss-reactive ketones (excluding diaryl/α,β-unsaturated/α-hetero) is 1. The van der Waals surface area contributed by atoms with Crippen molar-refractivity contribution < 1.29 is 14.3 Å². The predicted octanol–water partition coefficient (Wildman–Crippen LogP) is 3.62. The highest BCUT2D eigenvalue weighted by atomic mass is 35.5. The quantitative estimate of drug-likeness (QED) is 0.173. The van der Waals surface area contributed by atoms with Crippen LogP contribution in [0, 0.1) is 0 Å². The summed E-state index contributed by atoms with van der Waals surface area (Å²) in [6.07, 6.45) is 4.80. The Morgan fingerprint density at radius 2 is 1.93 bits per heavy atom. The zero-order chi connectivity index (χ0) is 21.3. The van der Waals surface area contributed by atoms with E-state index in [0.717, 1.165) is 32.5 Å². The third-order valence-corrected chi connectivity index (χ3v) is 5.34. The first-order valence-electron chi connectivity index (χ1n) is 10.1. The smallest absolute Gasteiger partial charge is 0.343 e. The summed E-state index contributed by atoms with van der Waals surface area (Å²) in [5, 5.41) is 3.30. The van der Waals surface area contributed by atoms with Crippen LogP contribution < -0.4 is 5.32 Å². The second-order valence-electron chi connectivity index (χ2n) is 7.15. The monoisotopic (exact) mass is 427 g/mol. The van der Waals surface area contributed by atoms with Gasteiger partial charge in [0.25, 0.3) is 0 Å². The molecule has 0 spiro atoms. The van der Waals surface area contributed by atoms with Gasteiger partial charge in [-0.2, -0.15) is 0 Å². The Labute approximate surface area is 181 Å². The Bertz CT molecular complexity index is 894. The van der Waals surface area contributed by atoms with Crippen LogP contribution in [-0.2, 0) is 16.1 Å². The summed E-state index contributed by atoms with van der Waals surface area (Å²) in [7, 11) is 0. The highest BCUT2D eigenvalue weighted by Crippen LogP contribution is 2.18. The van der Waals surface area contributed by atoms with Crippen LogP contribution in [0.25, 0.3) is 0 Å². The van der Waals surface area contributed by atoms with Crippen LogP contribution in [0.2, 0.25) is 5.15 Å². The van der Waals surface area contributed by atoms with Crippen molar-refractivity contribution in [2.45, 2.75) is 32.4 Å². The molecule has 1 N–H and O–H groups in total. The van der Waals surface area contributed by atoms with Gasteiger partial charge in [-0.1, -0.05) is 41.9 Å². The number of hydrogen-bond donors (Lipinski definition) is 1. The number of benzene rings is 1. The van der Waals surface area contributed by atoms with Gasteiger partial charge in [-0.25, -0.2) is 9.78 Å². The molecule has 0 saturated carbocycles. The minimum Gasteiger partial charge on any atom is -0.462 e. The Kier molecular flexibility index (Phi) is 7.99. The number of piperidine rings is 1. The number of ether oxygens (including phenoxy) is 1. The van der Waals surface area contributed by atoms with Gasteiger partial charge in [-0.3, -0.25) is 9.69 Å². The lowest BCUT2D eigenvalue weighted by atomic mass is 10.0. The molecule has 1 aliphatic heterocycles. The Morgan fingerprint density at radius 3 is 2.60 bits per heavy atom. The van der Waals surface area contributed by atoms with Crippen molar-refractivity contribution in [3.63, 3.8) is 0 Å². The molecule has 3 rings (SSSR count). The number of ketones is 1. The molecule has 7 heteroatoms. The molecular weight excluding hydrogens is 402 g/mol. The van der Waals surface area contributed by atoms with E-state index in [2.05, 4.69) is 39.5 Å². The fourth-order valence-corrected chi connectivity index (χ4v) is 3.63. The number of carbonyl (C=O) groups excluding carboxylic acids is 2. The number of nitrogens with one attached hydrogen (secondary N) is 1. The van der Waals surface area contributed by atoms with Gasteiger partial charge in [0.15, 0.2) is 0 Å². The average Bonchev–Trinajstić information content (AvgIpc) is 2.76. The third kappa shape index (κ3) is 5.90. The fourth-order valence-electron chi connectivity index (χ4n) is 3.43. The summed E-state index contributed by atoms with van der Waals surface area (Å²) in [5.74, 6) is -1.17. The molecule has 2 aromatic rings. The van der Waals surface area contributed by atoms with Crippen LogP contribution in [0.4, 0.5) is 0 Å². The molecule has 1 aromatic carbocycles. The van der Waals surface area contributed by atoms with Gasteiger partial charge in [-0.05, 0) is 37.5 Å². The van der Waals surface area contributed by atoms with Crippen molar-refractivity contribution in [2.24, 2.45) is 0 Å². The Morgan fingerprint density at radius 1 is 1.20 bits per heavy atom. The number of nitrogens with zero attached hydrogens (tertiary/aromatic N) is 2. The van der Waals surface area contributed by atoms with Crippen LogP contribution in [0.5, 0.6) is 0 Å². The Hall–Kier alpha value is -2.70. The second-order valence-corrected chi connectivity index (χ2v) is 7.51. The molecule has 0 aliphatic carbocycles. The number of hydrogen-bond acceptors (Lipinski definition) is 6. The zero-order valence-electron chi connectivity index (χ0n) is 17.0. The van der Waals surface area contributed by atoms with Gasteiger partial charge in [-0.15, -0.1) is 0 Å². The first-order chi connectivity index (χ1) is 14.6. The van der Waals surface area contributed by atoms with E-state index in [-0.39, 0.29) is 28.9 Å². The normalized spacial score (nSPS) is 15.6. The van der Waals surface area contributed by atoms with Gasteiger partial charge in [0.05, 0.1) is 12.2 Å². The fraction of sp³-hybridized carbons (Fsp3) is 0.348. The summed E-state index contributed by atoms with van der Waals surface area (Å²) in [6.45, 7) is 4.69. The third-order valence-electron chi connectivity index (χ3n) is 5.04. The maximum absolute atomic E-state index is 12.9. The highest BCUT2D eigenvalue weighted by Gasteiger charge is 2.25. The SMILES string of the molecule is CCOC(=O)/C(=C/NC1CCN(Cc2ccccc2)CC1)C(=O)c1cccnc1Cl. The molecule has 6 nitrogen and oxygen atoms in total. The summed E-state index contributed by atoms with van der Waals surface area (Å²) >= 11 is 6.04. The van der Waals surface area contributed by atoms with Gasteiger partial charge >= 0.3 is 5.97 Å². The van der Waals surface area contributed by atoms with Crippen LogP contribution in [-0.4, -0.2) is 47.4 Å². The molecule has 158 valence electrons. The summed E-state index contributed by atoms with van der Waals surface area (Å²) < 4.78 is 5.07. The lowest BCUT2D eigenvalue weighted by Crippen LogP contribution is -2.40. The molecule has 2 heterocycles. The lowest BCUT2D eigenvalue weighted by molar-refractivity contribution is -0.138. The first-order valence-corrected chi connectivity index (χ1v) is 10.5. The number of carbonyl (C=O) groups is 2. The van der Waals surface area contributed by atoms with Crippen LogP contribution in [0.15, 0.2) is 60.4 Å². The van der Waals surface area contributed by atoms with Gasteiger partial charge in [0, 0.05) is 38.1 Å². The standard InChI is InChI=1S/C23H26ClN3O3/c1-2-30-23(29)20(21(28)19-9-6-12-25-22(19)24)15-26-18-10-13-27(14-11-18)16-17-7-4-3-5-8-17/h3-9,12,15,18,26H,2,10-11,13-14,16H2,1H3/b20-15+. The summed E-state index contributed by atoms with van der Waals surface area (Å²) in [5.41, 5.74) is 1.41. The van der Waals surface area contributed by atoms with Crippen molar-refractivity contribution in [3.8, 4) is 0 Å². The van der Waals surface area contributed by atoms with E-state index in [0.29, 0.717) is 0 Å². The van der Waals surface area contributed by atoms with Crippen molar-refractivity contribution in [1.82, 2.24) is 15.2 Å². The molecule has 1 aromatic heterocycles. The maximum atomic E-state index is 12.9. The minimum absolute atomic E-state index is 0.0620. The van der Waals surface area contributed by atoms with E-state index in [1.165, 1.54) is 18.0 Å². The van der Waals surface area contributed by atoms with Crippen LogP contribution in [0.1, 0.15) is 35.7 Å². The largest absolute Gasteiger partial charge is 0.462 e. The molecule has 0 atom stereocenters. The van der Waals surface area contributed by atoms with Crippen LogP contribution >= 0.6 is 11.6 Å². The average molecular weight is 428 g/mol. The van der Waals surface area contributed by atoms with E-state index in [4.69, 9.17) is 16.3 Å². The van der Waals surface area contributed by atoms with E-state index in [9.17, 15) is 9.59 Å². The molecule has 0 amide bonds. The molecule has 0 radical (unpaired) electrons. The van der Waals surface area contributed by atoms with Crippen molar-refractivity contribution in [1.29, 1.82) is 0 Å². The number of esters is 1. The van der Waals surface area contributed by atoms with Gasteiger partial charge in [0.1, 0.15) is 10.7 Å². The molecule has 1 aliphatic rings. The summed E-state index contributed by atoms with van der Waals surface area (Å²) in [4.78, 5) is 31.6. The van der Waals surface area contributed by atoms with E-state index >= 15 is 0 Å². The second kappa shape index (κ2) is 10.9. The van der Waals surface area contributed by atoms with Crippen molar-refractivity contribution in [2.75, 3.05) is 19.7 Å². The van der Waals surface area contributed by atoms with Gasteiger partial charge < -0.3 is 10.1 Å². The van der Waals surface area contributed by atoms with Crippen molar-refractivity contribution >= 4 is 23.4 Å². The molecule has 30 heavy (non-hydrogen) atoms. The van der Waals surface area contributed by atoms with Crippen molar-refractivity contribution in [3.05, 3.63) is 76.7 Å². The molecule has 0 bridgehead atoms. The van der Waals surface area contributed by atoms with Crippen LogP contribution in [0.3, 0.4) is 0 Å². The number of rotatable bonds is 8. The van der Waals surface area contributed by atoms with E-state index in [1.807, 2.05) is 6.07 Å². The number of pyridine rings is 1. The maximum Gasteiger partial charge on any atom is 0.343 e. The van der Waals surface area contributed by atoms with E-state index < -0.39 is 11.8 Å². The molecule has 1 saturated heterocycles. The van der Waals surface area contributed by atoms with Gasteiger partial charge in [0.2, 0.25) is 5.78 Å². The predicted molar refractivity (Wildman–Crippen MR) is 116 cm³/mol. The first kappa shape index (κ1) is 22.0. The molecule has 0 unspecified atom stereocenters. The number of halogens is 1. The van der Waals surface area contributed by atoms with E-state index in [1.54, 1.807) is 19.1 Å². The number of aromatic nitrogens is 1. The highest BCUT2D eigenvalue weighted by molar-refractivity contribution is 6.35. The zero-order valence-corrected chi connectivity index (χ0v) is 17.8. The number of likely N-dealkylation sites (tertiary alicyclic amines) is 1.